The fraction of sp³-hybridized carbons (Fsp3) is 0.346. The molecule has 0 aliphatic heterocycles. The van der Waals surface area contributed by atoms with Crippen molar-refractivity contribution in [2.45, 2.75) is 19.4 Å². The second-order valence-electron chi connectivity index (χ2n) is 9.07. The van der Waals surface area contributed by atoms with Gasteiger partial charge in [0.25, 0.3) is 11.1 Å². The van der Waals surface area contributed by atoms with Gasteiger partial charge in [-0.15, -0.1) is 0 Å². The fourth-order valence-electron chi connectivity index (χ4n) is 3.34. The summed E-state index contributed by atoms with van der Waals surface area (Å²) in [6, 6.07) is 4.63. The van der Waals surface area contributed by atoms with Crippen LogP contribution in [0, 0.1) is 11.6 Å². The molecule has 4 aromatic heterocycles. The number of carboxylic acid groups (broad SMARTS) is 1. The summed E-state index contributed by atoms with van der Waals surface area (Å²) in [4.78, 5) is 42.9. The van der Waals surface area contributed by atoms with Gasteiger partial charge < -0.3 is 29.4 Å². The van der Waals surface area contributed by atoms with E-state index in [9.17, 15) is 23.2 Å². The third-order valence-corrected chi connectivity index (χ3v) is 5.85. The van der Waals surface area contributed by atoms with E-state index in [2.05, 4.69) is 31.2 Å². The molecule has 2 N–H and O–H groups in total. The topological polar surface area (TPSA) is 155 Å². The van der Waals surface area contributed by atoms with Crippen LogP contribution in [0.3, 0.4) is 0 Å². The largest absolute Gasteiger partial charge is 0.480 e. The van der Waals surface area contributed by atoms with Crippen LogP contribution in [-0.2, 0) is 14.3 Å². The summed E-state index contributed by atoms with van der Waals surface area (Å²) in [6.07, 6.45) is 2.74. The molecule has 0 aliphatic rings. The summed E-state index contributed by atoms with van der Waals surface area (Å²) in [5, 5.41) is 11.8. The van der Waals surface area contributed by atoms with E-state index in [-0.39, 0.29) is 42.0 Å². The van der Waals surface area contributed by atoms with Gasteiger partial charge in [0.1, 0.15) is 18.8 Å². The normalized spacial score (nSPS) is 11.2. The lowest BCUT2D eigenvalue weighted by Crippen LogP contribution is -2.40. The molecule has 0 bridgehead atoms. The molecule has 0 amide bonds. The van der Waals surface area contributed by atoms with Gasteiger partial charge in [0.15, 0.2) is 22.9 Å². The van der Waals surface area contributed by atoms with Crippen LogP contribution in [0.25, 0.3) is 11.3 Å². The summed E-state index contributed by atoms with van der Waals surface area (Å²) in [6.45, 7) is 3.93. The molecule has 13 nitrogen and oxygen atoms in total. The molecule has 42 heavy (non-hydrogen) atoms. The summed E-state index contributed by atoms with van der Waals surface area (Å²) < 4.78 is 50.5. The van der Waals surface area contributed by atoms with Gasteiger partial charge in [-0.3, -0.25) is 18.4 Å². The predicted molar refractivity (Wildman–Crippen MR) is 151 cm³/mol. The van der Waals surface area contributed by atoms with Gasteiger partial charge in [-0.05, 0) is 35.8 Å². The zero-order valence-corrected chi connectivity index (χ0v) is 24.6. The second kappa shape index (κ2) is 14.2. The van der Waals surface area contributed by atoms with Crippen LogP contribution in [0.15, 0.2) is 50.7 Å². The number of pyridine rings is 2. The molecule has 0 saturated heterocycles. The predicted octanol–water partition coefficient (Wildman–Crippen LogP) is 2.76. The van der Waals surface area contributed by atoms with Crippen LogP contribution in [0.5, 0.6) is 11.8 Å². The highest BCUT2D eigenvalue weighted by Crippen LogP contribution is 2.19. The van der Waals surface area contributed by atoms with Gasteiger partial charge >= 0.3 is 5.97 Å². The Morgan fingerprint density at radius 3 is 1.83 bits per heavy atom. The molecular weight excluding hydrogens is 628 g/mol. The van der Waals surface area contributed by atoms with Crippen molar-refractivity contribution < 1.29 is 37.6 Å². The van der Waals surface area contributed by atoms with Gasteiger partial charge in [0.05, 0.1) is 31.0 Å². The van der Waals surface area contributed by atoms with Crippen LogP contribution in [0.2, 0.25) is 0 Å². The number of hydrogen-bond acceptors (Lipinski definition) is 10. The number of hydrogen-bond donors (Lipinski definition) is 2. The number of carboxylic acids is 1. The Hall–Kier alpha value is -4.15. The number of nitrogens with one attached hydrogen (secondary N) is 1. The van der Waals surface area contributed by atoms with E-state index in [0.717, 1.165) is 20.9 Å². The Bertz CT molecular complexity index is 1700. The molecule has 0 spiro atoms. The highest BCUT2D eigenvalue weighted by molar-refractivity contribution is 9.10. The number of ether oxygens (including phenoxy) is 4. The Morgan fingerprint density at radius 1 is 0.881 bits per heavy atom. The number of aromatic nitrogens is 4. The summed E-state index contributed by atoms with van der Waals surface area (Å²) in [5.41, 5.74) is -2.44. The Labute approximate surface area is 245 Å². The first-order valence-corrected chi connectivity index (χ1v) is 13.0. The summed E-state index contributed by atoms with van der Waals surface area (Å²) in [7, 11) is 3.03. The third-order valence-electron chi connectivity index (χ3n) is 5.42. The van der Waals surface area contributed by atoms with E-state index >= 15 is 0 Å². The SMILES string of the molecule is COCCOc1cc(=O)n2cc(Br)cc(F)c2n1.COCCOc1cc(=O)n2cc(NC(C)(C)C(=O)O)cc(F)c2n1. The first kappa shape index (κ1) is 32.4. The van der Waals surface area contributed by atoms with Gasteiger partial charge in [-0.2, -0.15) is 9.97 Å². The lowest BCUT2D eigenvalue weighted by molar-refractivity contribution is -0.141. The number of rotatable bonds is 11. The summed E-state index contributed by atoms with van der Waals surface area (Å²) in [5.74, 6) is -2.43. The number of aliphatic carboxylic acids is 1. The van der Waals surface area contributed by atoms with Crippen LogP contribution in [-0.4, -0.2) is 76.0 Å². The van der Waals surface area contributed by atoms with Crippen molar-refractivity contribution in [2.75, 3.05) is 46.0 Å². The molecule has 4 rings (SSSR count). The molecule has 0 aliphatic carbocycles. The van der Waals surface area contributed by atoms with Crippen molar-refractivity contribution in [2.24, 2.45) is 0 Å². The van der Waals surface area contributed by atoms with Crippen LogP contribution in [0.1, 0.15) is 13.8 Å². The molecule has 0 atom stereocenters. The standard InChI is InChI=1S/C15H18FN3O5.C11H10BrFN2O3/c1-15(2,14(21)22)18-9-6-10(16)13-17-11(24-5-4-23-3)7-12(20)19(13)8-9;1-17-2-3-18-9-5-10(16)15-6-7(12)4-8(13)11(15)14-9/h6-8,18H,4-5H2,1-3H3,(H,21,22);4-6H,2-3H2,1H3. The lowest BCUT2D eigenvalue weighted by Gasteiger charge is -2.22. The van der Waals surface area contributed by atoms with Crippen LogP contribution < -0.4 is 25.9 Å². The van der Waals surface area contributed by atoms with Gasteiger partial charge in [-0.25, -0.2) is 13.6 Å². The number of nitrogens with zero attached hydrogens (tertiary/aromatic N) is 4. The van der Waals surface area contributed by atoms with Crippen molar-refractivity contribution >= 4 is 38.9 Å². The van der Waals surface area contributed by atoms with Crippen molar-refractivity contribution in [1.82, 2.24) is 18.8 Å². The highest BCUT2D eigenvalue weighted by atomic mass is 79.9. The minimum absolute atomic E-state index is 0.0116. The van der Waals surface area contributed by atoms with Gasteiger partial charge in [0.2, 0.25) is 11.8 Å². The average Bonchev–Trinajstić information content (AvgIpc) is 2.90. The fourth-order valence-corrected chi connectivity index (χ4v) is 3.75. The number of anilines is 1. The molecule has 0 fully saturated rings. The Kier molecular flexibility index (Phi) is 10.9. The first-order valence-electron chi connectivity index (χ1n) is 12.2. The quantitative estimate of drug-likeness (QED) is 0.229. The molecule has 4 aromatic rings. The molecule has 16 heteroatoms. The average molecular weight is 656 g/mol. The van der Waals surface area contributed by atoms with Crippen molar-refractivity contribution in [3.8, 4) is 11.8 Å². The molecule has 0 radical (unpaired) electrons. The zero-order valence-electron chi connectivity index (χ0n) is 23.0. The maximum absolute atomic E-state index is 14.3. The minimum atomic E-state index is -1.33. The minimum Gasteiger partial charge on any atom is -0.480 e. The number of fused-ring (bicyclic) bond motifs is 2. The van der Waals surface area contributed by atoms with Crippen LogP contribution >= 0.6 is 15.9 Å². The smallest absolute Gasteiger partial charge is 0.328 e. The zero-order chi connectivity index (χ0) is 31.0. The second-order valence-corrected chi connectivity index (χ2v) is 9.99. The van der Waals surface area contributed by atoms with E-state index < -0.39 is 34.3 Å². The van der Waals surface area contributed by atoms with Crippen molar-refractivity contribution in [1.29, 1.82) is 0 Å². The third kappa shape index (κ3) is 8.20. The van der Waals surface area contributed by atoms with E-state index in [0.29, 0.717) is 17.7 Å². The van der Waals surface area contributed by atoms with E-state index in [1.165, 1.54) is 52.6 Å². The number of halogens is 3. The van der Waals surface area contributed by atoms with Crippen molar-refractivity contribution in [3.05, 3.63) is 73.5 Å². The van der Waals surface area contributed by atoms with Crippen molar-refractivity contribution in [3.63, 3.8) is 0 Å². The molecule has 4 heterocycles. The van der Waals surface area contributed by atoms with E-state index in [4.69, 9.17) is 24.1 Å². The highest BCUT2D eigenvalue weighted by Gasteiger charge is 2.27. The summed E-state index contributed by atoms with van der Waals surface area (Å²) >= 11 is 3.11. The van der Waals surface area contributed by atoms with E-state index in [1.54, 1.807) is 0 Å². The van der Waals surface area contributed by atoms with Gasteiger partial charge in [0, 0.05) is 37.2 Å². The number of carbonyl (C=O) groups is 1. The maximum Gasteiger partial charge on any atom is 0.328 e. The van der Waals surface area contributed by atoms with Crippen LogP contribution in [0.4, 0.5) is 14.5 Å². The molecule has 0 saturated carbocycles. The molecule has 226 valence electrons. The van der Waals surface area contributed by atoms with Gasteiger partial charge in [-0.1, -0.05) is 0 Å². The molecular formula is C26H28BrF2N5O8. The monoisotopic (exact) mass is 655 g/mol. The molecule has 0 aromatic carbocycles. The lowest BCUT2D eigenvalue weighted by atomic mass is 10.1. The first-order chi connectivity index (χ1) is 19.9. The number of methoxy groups -OCH3 is 2. The Balaban J connectivity index is 0.000000240. The molecule has 0 unspecified atom stereocenters. The Morgan fingerprint density at radius 2 is 1.36 bits per heavy atom. The van der Waals surface area contributed by atoms with E-state index in [1.807, 2.05) is 0 Å². The maximum atomic E-state index is 14.3.